The lowest BCUT2D eigenvalue weighted by molar-refractivity contribution is -0.258. The maximum atomic E-state index is 12.8. The third kappa shape index (κ3) is 2.98. The maximum Gasteiger partial charge on any atom is 0.389 e. The molecule has 4 aliphatic rings. The first-order valence-corrected chi connectivity index (χ1v) is 9.67. The Morgan fingerprint density at radius 3 is 2.79 bits per heavy atom. The molecule has 1 amide bonds. The van der Waals surface area contributed by atoms with Gasteiger partial charge in [-0.3, -0.25) is 9.48 Å². The minimum atomic E-state index is -4.16. The molecule has 1 unspecified atom stereocenters. The number of rotatable bonds is 5. The number of aryl methyl sites for hydroxylation is 1. The second kappa shape index (κ2) is 5.96. The van der Waals surface area contributed by atoms with Gasteiger partial charge in [-0.2, -0.15) is 18.3 Å². The molecule has 0 radical (unpaired) electrons. The van der Waals surface area contributed by atoms with E-state index in [1.807, 2.05) is 16.8 Å². The van der Waals surface area contributed by atoms with Gasteiger partial charge in [0, 0.05) is 30.8 Å². The molecule has 2 bridgehead atoms. The van der Waals surface area contributed by atoms with Gasteiger partial charge in [-0.25, -0.2) is 4.98 Å². The molecule has 6 rings (SSSR count). The van der Waals surface area contributed by atoms with Crippen molar-refractivity contribution in [3.63, 3.8) is 0 Å². The zero-order chi connectivity index (χ0) is 20.4. The first-order chi connectivity index (χ1) is 13.7. The molecule has 3 aliphatic carbocycles. The number of hydrogen-bond acceptors (Lipinski definition) is 4. The second-order valence-electron chi connectivity index (χ2n) is 8.68. The van der Waals surface area contributed by atoms with E-state index in [0.717, 1.165) is 23.4 Å². The van der Waals surface area contributed by atoms with E-state index in [1.165, 1.54) is 0 Å². The van der Waals surface area contributed by atoms with Crippen LogP contribution in [0.25, 0.3) is 11.3 Å². The molecule has 154 valence electrons. The average Bonchev–Trinajstić information content (AvgIpc) is 3.18. The monoisotopic (exact) mass is 406 g/mol. The molecule has 2 aromatic heterocycles. The van der Waals surface area contributed by atoms with E-state index in [-0.39, 0.29) is 11.9 Å². The number of methoxy groups -OCH3 is 1. The number of halogens is 3. The lowest BCUT2D eigenvalue weighted by Crippen LogP contribution is -2.68. The predicted octanol–water partition coefficient (Wildman–Crippen LogP) is 3.64. The Balaban J connectivity index is 1.26. The highest BCUT2D eigenvalue weighted by molar-refractivity contribution is 5.86. The van der Waals surface area contributed by atoms with E-state index in [2.05, 4.69) is 15.4 Å². The molecule has 1 atom stereocenters. The quantitative estimate of drug-likeness (QED) is 0.823. The van der Waals surface area contributed by atoms with Crippen LogP contribution in [0.3, 0.4) is 0 Å². The summed E-state index contributed by atoms with van der Waals surface area (Å²) in [6.45, 7) is 0.688. The molecule has 1 N–H and O–H groups in total. The SMILES string of the molecule is COc1cc(-c2cc3n(n2)CCC3NC(=O)C23CC(CC(F)(F)F)(C2)C3)ccn1. The van der Waals surface area contributed by atoms with Crippen LogP contribution in [-0.2, 0) is 11.3 Å². The number of alkyl halides is 3. The van der Waals surface area contributed by atoms with E-state index in [4.69, 9.17) is 4.74 Å². The van der Waals surface area contributed by atoms with Gasteiger partial charge in [-0.1, -0.05) is 0 Å². The molecule has 0 aromatic carbocycles. The summed E-state index contributed by atoms with van der Waals surface area (Å²) in [6.07, 6.45) is -1.51. The van der Waals surface area contributed by atoms with Crippen LogP contribution in [0.2, 0.25) is 0 Å². The van der Waals surface area contributed by atoms with Gasteiger partial charge in [-0.15, -0.1) is 0 Å². The predicted molar refractivity (Wildman–Crippen MR) is 96.9 cm³/mol. The van der Waals surface area contributed by atoms with Crippen molar-refractivity contribution in [3.05, 3.63) is 30.1 Å². The van der Waals surface area contributed by atoms with Gasteiger partial charge in [0.2, 0.25) is 11.8 Å². The number of nitrogens with zero attached hydrogens (tertiary/aromatic N) is 3. The van der Waals surface area contributed by atoms with E-state index in [1.54, 1.807) is 19.4 Å². The highest BCUT2D eigenvalue weighted by atomic mass is 19.4. The fourth-order valence-electron chi connectivity index (χ4n) is 5.42. The van der Waals surface area contributed by atoms with Crippen LogP contribution in [0.5, 0.6) is 5.88 Å². The van der Waals surface area contributed by atoms with Gasteiger partial charge < -0.3 is 10.1 Å². The van der Waals surface area contributed by atoms with E-state index in [0.29, 0.717) is 31.7 Å². The maximum absolute atomic E-state index is 12.8. The topological polar surface area (TPSA) is 69.0 Å². The molecule has 9 heteroatoms. The number of nitrogens with one attached hydrogen (secondary N) is 1. The Hall–Kier alpha value is -2.58. The number of hydrogen-bond donors (Lipinski definition) is 1. The van der Waals surface area contributed by atoms with Crippen LogP contribution in [0, 0.1) is 10.8 Å². The van der Waals surface area contributed by atoms with Gasteiger partial charge >= 0.3 is 6.18 Å². The molecule has 3 saturated carbocycles. The Bertz CT molecular complexity index is 965. The summed E-state index contributed by atoms with van der Waals surface area (Å²) >= 11 is 0. The standard InChI is InChI=1S/C20H21F3N4O2/c1-29-16-6-12(2-4-24-16)14-7-15-13(3-5-27(15)26-14)25-17(28)19-8-18(9-19,10-19)11-20(21,22)23/h2,4,6-7,13H,3,5,8-11H2,1H3,(H,25,28). The lowest BCUT2D eigenvalue weighted by atomic mass is 9.34. The van der Waals surface area contributed by atoms with Crippen LogP contribution in [0.15, 0.2) is 24.4 Å². The van der Waals surface area contributed by atoms with Crippen molar-refractivity contribution in [1.29, 1.82) is 0 Å². The normalized spacial score (nSPS) is 29.6. The molecular weight excluding hydrogens is 385 g/mol. The summed E-state index contributed by atoms with van der Waals surface area (Å²) in [6, 6.07) is 5.42. The van der Waals surface area contributed by atoms with Crippen molar-refractivity contribution in [2.75, 3.05) is 7.11 Å². The molecule has 6 nitrogen and oxygen atoms in total. The van der Waals surface area contributed by atoms with Crippen molar-refractivity contribution < 1.29 is 22.7 Å². The number of carbonyl (C=O) groups is 1. The summed E-state index contributed by atoms with van der Waals surface area (Å²) in [5.74, 6) is 0.380. The second-order valence-corrected chi connectivity index (χ2v) is 8.68. The zero-order valence-electron chi connectivity index (χ0n) is 15.9. The van der Waals surface area contributed by atoms with Gasteiger partial charge in [0.25, 0.3) is 0 Å². The van der Waals surface area contributed by atoms with Crippen molar-refractivity contribution >= 4 is 5.91 Å². The molecule has 2 aromatic rings. The van der Waals surface area contributed by atoms with E-state index < -0.39 is 23.4 Å². The van der Waals surface area contributed by atoms with Crippen LogP contribution in [0.1, 0.15) is 43.8 Å². The Morgan fingerprint density at radius 1 is 1.34 bits per heavy atom. The molecule has 3 fully saturated rings. The van der Waals surface area contributed by atoms with Gasteiger partial charge in [0.05, 0.1) is 30.0 Å². The van der Waals surface area contributed by atoms with Crippen molar-refractivity contribution in [3.8, 4) is 17.1 Å². The molecule has 0 spiro atoms. The largest absolute Gasteiger partial charge is 0.481 e. The molecule has 29 heavy (non-hydrogen) atoms. The number of ether oxygens (including phenoxy) is 1. The number of aromatic nitrogens is 3. The highest BCUT2D eigenvalue weighted by Gasteiger charge is 2.73. The number of amides is 1. The third-order valence-corrected chi connectivity index (χ3v) is 6.54. The molecule has 3 heterocycles. The van der Waals surface area contributed by atoms with E-state index in [9.17, 15) is 18.0 Å². The average molecular weight is 406 g/mol. The van der Waals surface area contributed by atoms with Crippen LogP contribution in [0.4, 0.5) is 13.2 Å². The Kier molecular flexibility index (Phi) is 3.79. The van der Waals surface area contributed by atoms with Gasteiger partial charge in [-0.05, 0) is 43.2 Å². The summed E-state index contributed by atoms with van der Waals surface area (Å²) in [5.41, 5.74) is 1.27. The number of fused-ring (bicyclic) bond motifs is 1. The highest BCUT2D eigenvalue weighted by Crippen LogP contribution is 2.76. The van der Waals surface area contributed by atoms with Crippen LogP contribution in [-0.4, -0.2) is 34.0 Å². The zero-order valence-corrected chi connectivity index (χ0v) is 15.9. The fraction of sp³-hybridized carbons (Fsp3) is 0.550. The van der Waals surface area contributed by atoms with E-state index >= 15 is 0 Å². The number of carbonyl (C=O) groups excluding carboxylic acids is 1. The molecule has 0 saturated heterocycles. The van der Waals surface area contributed by atoms with Crippen LogP contribution < -0.4 is 10.1 Å². The first-order valence-electron chi connectivity index (χ1n) is 9.67. The summed E-state index contributed by atoms with van der Waals surface area (Å²) in [4.78, 5) is 16.9. The van der Waals surface area contributed by atoms with Gasteiger partial charge in [0.15, 0.2) is 0 Å². The fourth-order valence-corrected chi connectivity index (χ4v) is 5.42. The Morgan fingerprint density at radius 2 is 2.10 bits per heavy atom. The molecular formula is C20H21F3N4O2. The minimum absolute atomic E-state index is 0.117. The Labute approximate surface area is 165 Å². The van der Waals surface area contributed by atoms with Crippen molar-refractivity contribution in [2.24, 2.45) is 10.8 Å². The summed E-state index contributed by atoms with van der Waals surface area (Å²) in [5, 5.41) is 7.67. The van der Waals surface area contributed by atoms with Crippen molar-refractivity contribution in [1.82, 2.24) is 20.1 Å². The molecule has 1 aliphatic heterocycles. The lowest BCUT2D eigenvalue weighted by Gasteiger charge is -2.69. The van der Waals surface area contributed by atoms with Gasteiger partial charge in [0.1, 0.15) is 0 Å². The smallest absolute Gasteiger partial charge is 0.389 e. The summed E-state index contributed by atoms with van der Waals surface area (Å²) in [7, 11) is 1.55. The summed E-state index contributed by atoms with van der Waals surface area (Å²) < 4.78 is 45.1. The third-order valence-electron chi connectivity index (χ3n) is 6.54. The van der Waals surface area contributed by atoms with Crippen molar-refractivity contribution in [2.45, 2.75) is 50.9 Å². The first kappa shape index (κ1) is 18.4. The van der Waals surface area contributed by atoms with Crippen LogP contribution >= 0.6 is 0 Å². The number of pyridine rings is 1. The minimum Gasteiger partial charge on any atom is -0.481 e.